The monoisotopic (exact) mass is 249 g/mol. The van der Waals surface area contributed by atoms with Crippen LogP contribution in [0.2, 0.25) is 5.02 Å². The minimum Gasteiger partial charge on any atom is -0.286 e. The summed E-state index contributed by atoms with van der Waals surface area (Å²) in [5.74, 6) is 0.682. The number of rotatable bonds is 4. The van der Waals surface area contributed by atoms with Crippen LogP contribution in [0, 0.1) is 5.92 Å². The van der Waals surface area contributed by atoms with Crippen LogP contribution < -0.4 is 0 Å². The number of aliphatic imine (C=N–C) groups is 1. The van der Waals surface area contributed by atoms with Crippen LogP contribution in [0.15, 0.2) is 29.3 Å². The highest BCUT2D eigenvalue weighted by atomic mass is 35.5. The standard InChI is InChI=1S/C15H20ClN/c1-12(2)8-11-17-15(9-3-10-15)13-4-6-14(16)7-5-13/h4-7,11-12H,3,8-10H2,1-2H3. The summed E-state index contributed by atoms with van der Waals surface area (Å²) >= 11 is 5.93. The molecule has 0 aliphatic heterocycles. The minimum atomic E-state index is 0.0550. The van der Waals surface area contributed by atoms with Gasteiger partial charge in [-0.15, -0.1) is 0 Å². The number of nitrogens with zero attached hydrogens (tertiary/aromatic N) is 1. The van der Waals surface area contributed by atoms with Crippen molar-refractivity contribution in [3.63, 3.8) is 0 Å². The fourth-order valence-electron chi connectivity index (χ4n) is 2.20. The molecular weight excluding hydrogens is 230 g/mol. The third-order valence-corrected chi connectivity index (χ3v) is 3.73. The fraction of sp³-hybridized carbons (Fsp3) is 0.533. The molecule has 1 saturated carbocycles. The van der Waals surface area contributed by atoms with E-state index in [1.165, 1.54) is 24.8 Å². The molecule has 0 amide bonds. The van der Waals surface area contributed by atoms with Crippen LogP contribution in [-0.2, 0) is 5.54 Å². The van der Waals surface area contributed by atoms with Crippen molar-refractivity contribution < 1.29 is 0 Å². The summed E-state index contributed by atoms with van der Waals surface area (Å²) in [7, 11) is 0. The van der Waals surface area contributed by atoms with Crippen molar-refractivity contribution in [1.29, 1.82) is 0 Å². The lowest BCUT2D eigenvalue weighted by Crippen LogP contribution is -2.32. The summed E-state index contributed by atoms with van der Waals surface area (Å²) < 4.78 is 0. The second-order valence-electron chi connectivity index (χ2n) is 5.33. The lowest BCUT2D eigenvalue weighted by molar-refractivity contribution is 0.257. The zero-order valence-corrected chi connectivity index (χ0v) is 11.4. The normalized spacial score (nSPS) is 18.6. The molecule has 1 aliphatic carbocycles. The van der Waals surface area contributed by atoms with E-state index in [2.05, 4.69) is 32.2 Å². The lowest BCUT2D eigenvalue weighted by Gasteiger charge is -2.39. The predicted octanol–water partition coefficient (Wildman–Crippen LogP) is 4.84. The summed E-state index contributed by atoms with van der Waals surface area (Å²) in [6.07, 6.45) is 6.79. The summed E-state index contributed by atoms with van der Waals surface area (Å²) in [6.45, 7) is 4.45. The van der Waals surface area contributed by atoms with Gasteiger partial charge >= 0.3 is 0 Å². The summed E-state index contributed by atoms with van der Waals surface area (Å²) in [5.41, 5.74) is 1.37. The Morgan fingerprint density at radius 1 is 1.29 bits per heavy atom. The zero-order chi connectivity index (χ0) is 12.3. The molecule has 17 heavy (non-hydrogen) atoms. The van der Waals surface area contributed by atoms with Crippen LogP contribution in [0.4, 0.5) is 0 Å². The van der Waals surface area contributed by atoms with Crippen LogP contribution in [-0.4, -0.2) is 6.21 Å². The van der Waals surface area contributed by atoms with Gasteiger partial charge in [0.1, 0.15) is 0 Å². The average Bonchev–Trinajstić information content (AvgIpc) is 2.23. The predicted molar refractivity (Wildman–Crippen MR) is 74.9 cm³/mol. The highest BCUT2D eigenvalue weighted by Gasteiger charge is 2.37. The third kappa shape index (κ3) is 2.90. The molecule has 0 bridgehead atoms. The zero-order valence-electron chi connectivity index (χ0n) is 10.6. The van der Waals surface area contributed by atoms with Gasteiger partial charge in [0.05, 0.1) is 5.54 Å². The van der Waals surface area contributed by atoms with E-state index in [1.54, 1.807) is 0 Å². The first kappa shape index (κ1) is 12.6. The second-order valence-corrected chi connectivity index (χ2v) is 5.77. The van der Waals surface area contributed by atoms with E-state index >= 15 is 0 Å². The molecule has 0 saturated heterocycles. The van der Waals surface area contributed by atoms with Gasteiger partial charge < -0.3 is 0 Å². The maximum absolute atomic E-state index is 5.93. The van der Waals surface area contributed by atoms with Gasteiger partial charge in [-0.1, -0.05) is 37.6 Å². The van der Waals surface area contributed by atoms with E-state index in [-0.39, 0.29) is 5.54 Å². The Balaban J connectivity index is 2.14. The van der Waals surface area contributed by atoms with Crippen molar-refractivity contribution in [3.05, 3.63) is 34.9 Å². The molecule has 0 unspecified atom stereocenters. The smallest absolute Gasteiger partial charge is 0.0852 e. The molecule has 0 spiro atoms. The van der Waals surface area contributed by atoms with Crippen LogP contribution in [0.25, 0.3) is 0 Å². The van der Waals surface area contributed by atoms with Crippen LogP contribution in [0.1, 0.15) is 45.1 Å². The van der Waals surface area contributed by atoms with Gasteiger partial charge in [-0.05, 0) is 49.3 Å². The molecule has 0 aromatic heterocycles. The lowest BCUT2D eigenvalue weighted by atomic mass is 9.72. The van der Waals surface area contributed by atoms with Crippen molar-refractivity contribution in [2.75, 3.05) is 0 Å². The Morgan fingerprint density at radius 2 is 1.94 bits per heavy atom. The highest BCUT2D eigenvalue weighted by Crippen LogP contribution is 2.45. The van der Waals surface area contributed by atoms with Gasteiger partial charge in [0.15, 0.2) is 0 Å². The van der Waals surface area contributed by atoms with Crippen LogP contribution in [0.3, 0.4) is 0 Å². The molecule has 0 heterocycles. The third-order valence-electron chi connectivity index (χ3n) is 3.48. The van der Waals surface area contributed by atoms with Gasteiger partial charge in [0, 0.05) is 11.2 Å². The fourth-order valence-corrected chi connectivity index (χ4v) is 2.33. The van der Waals surface area contributed by atoms with Gasteiger partial charge in [-0.3, -0.25) is 4.99 Å². The molecule has 0 radical (unpaired) electrons. The van der Waals surface area contributed by atoms with Crippen LogP contribution in [0.5, 0.6) is 0 Å². The first-order valence-corrected chi connectivity index (χ1v) is 6.80. The first-order valence-electron chi connectivity index (χ1n) is 6.42. The maximum atomic E-state index is 5.93. The van der Waals surface area contributed by atoms with Crippen molar-refractivity contribution in [2.45, 2.75) is 45.1 Å². The van der Waals surface area contributed by atoms with Gasteiger partial charge in [-0.2, -0.15) is 0 Å². The Hall–Kier alpha value is -0.820. The largest absolute Gasteiger partial charge is 0.286 e. The second kappa shape index (κ2) is 5.22. The quantitative estimate of drug-likeness (QED) is 0.678. The van der Waals surface area contributed by atoms with E-state index < -0.39 is 0 Å². The molecule has 92 valence electrons. The molecule has 1 aromatic carbocycles. The van der Waals surface area contributed by atoms with Gasteiger partial charge in [0.25, 0.3) is 0 Å². The first-order chi connectivity index (χ1) is 8.12. The maximum Gasteiger partial charge on any atom is 0.0852 e. The molecule has 0 atom stereocenters. The Kier molecular flexibility index (Phi) is 3.88. The van der Waals surface area contributed by atoms with Gasteiger partial charge in [0.2, 0.25) is 0 Å². The van der Waals surface area contributed by atoms with Crippen molar-refractivity contribution >= 4 is 17.8 Å². The van der Waals surface area contributed by atoms with E-state index in [4.69, 9.17) is 16.6 Å². The molecule has 1 aromatic rings. The molecular formula is C15H20ClN. The SMILES string of the molecule is CC(C)CC=NC1(c2ccc(Cl)cc2)CCC1. The van der Waals surface area contributed by atoms with Crippen molar-refractivity contribution in [2.24, 2.45) is 10.9 Å². The average molecular weight is 250 g/mol. The van der Waals surface area contributed by atoms with Crippen LogP contribution >= 0.6 is 11.6 Å². The number of hydrogen-bond donors (Lipinski definition) is 0. The molecule has 0 N–H and O–H groups in total. The van der Waals surface area contributed by atoms with Gasteiger partial charge in [-0.25, -0.2) is 0 Å². The molecule has 1 aliphatic rings. The van der Waals surface area contributed by atoms with E-state index in [0.29, 0.717) is 5.92 Å². The summed E-state index contributed by atoms with van der Waals surface area (Å²) in [4.78, 5) is 4.83. The Morgan fingerprint density at radius 3 is 2.41 bits per heavy atom. The number of benzene rings is 1. The molecule has 2 heteroatoms. The minimum absolute atomic E-state index is 0.0550. The topological polar surface area (TPSA) is 12.4 Å². The Labute approximate surface area is 109 Å². The summed E-state index contributed by atoms with van der Waals surface area (Å²) in [6, 6.07) is 8.17. The summed E-state index contributed by atoms with van der Waals surface area (Å²) in [5, 5.41) is 0.800. The number of halogens is 1. The Bertz CT molecular complexity index is 388. The van der Waals surface area contributed by atoms with E-state index in [9.17, 15) is 0 Å². The molecule has 1 fully saturated rings. The van der Waals surface area contributed by atoms with E-state index in [1.807, 2.05) is 12.1 Å². The van der Waals surface area contributed by atoms with Crippen molar-refractivity contribution in [1.82, 2.24) is 0 Å². The van der Waals surface area contributed by atoms with Crippen molar-refractivity contribution in [3.8, 4) is 0 Å². The van der Waals surface area contributed by atoms with E-state index in [0.717, 1.165) is 11.4 Å². The molecule has 1 nitrogen and oxygen atoms in total. The number of hydrogen-bond acceptors (Lipinski definition) is 1. The molecule has 2 rings (SSSR count). The highest BCUT2D eigenvalue weighted by molar-refractivity contribution is 6.30.